The van der Waals surface area contributed by atoms with Gasteiger partial charge in [0.05, 0.1) is 6.42 Å². The summed E-state index contributed by atoms with van der Waals surface area (Å²) in [6.07, 6.45) is -0.288. The molecule has 0 bridgehead atoms. The van der Waals surface area contributed by atoms with Gasteiger partial charge in [-0.1, -0.05) is 0 Å². The van der Waals surface area contributed by atoms with E-state index < -0.39 is 34.7 Å². The summed E-state index contributed by atoms with van der Waals surface area (Å²) in [5, 5.41) is 0. The molecule has 0 radical (unpaired) electrons. The summed E-state index contributed by atoms with van der Waals surface area (Å²) in [5.41, 5.74) is 3.43. The average Bonchev–Trinajstić information content (AvgIpc) is 2.10. The molecule has 0 unspecified atom stereocenters. The highest BCUT2D eigenvalue weighted by Gasteiger charge is 2.20. The standard InChI is InChI=1S/C13H15F2NO3/c1-13(2,3)19-10(17)6-7-4-8(14)11(12(16)18)9(15)5-7/h4-5H,6H2,1-3H3,(H2,16,18). The largest absolute Gasteiger partial charge is 0.460 e. The van der Waals surface area contributed by atoms with Crippen molar-refractivity contribution in [1.82, 2.24) is 0 Å². The minimum absolute atomic E-state index is 0.0780. The van der Waals surface area contributed by atoms with Crippen LogP contribution in [0, 0.1) is 11.6 Å². The zero-order valence-corrected chi connectivity index (χ0v) is 10.9. The van der Waals surface area contributed by atoms with Crippen molar-refractivity contribution in [3.8, 4) is 0 Å². The zero-order chi connectivity index (χ0) is 14.8. The topological polar surface area (TPSA) is 69.4 Å². The number of hydrogen-bond acceptors (Lipinski definition) is 3. The Labute approximate surface area is 109 Å². The van der Waals surface area contributed by atoms with E-state index in [1.807, 2.05) is 0 Å². The van der Waals surface area contributed by atoms with Crippen molar-refractivity contribution < 1.29 is 23.1 Å². The first-order chi connectivity index (χ1) is 8.60. The summed E-state index contributed by atoms with van der Waals surface area (Å²) in [5.74, 6) is -3.99. The highest BCUT2D eigenvalue weighted by molar-refractivity contribution is 5.93. The Balaban J connectivity index is 2.93. The van der Waals surface area contributed by atoms with Crippen LogP contribution in [-0.2, 0) is 16.0 Å². The van der Waals surface area contributed by atoms with Gasteiger partial charge in [-0.15, -0.1) is 0 Å². The number of ether oxygens (including phenoxy) is 1. The van der Waals surface area contributed by atoms with Crippen LogP contribution in [0.25, 0.3) is 0 Å². The van der Waals surface area contributed by atoms with Crippen molar-refractivity contribution in [2.24, 2.45) is 5.73 Å². The van der Waals surface area contributed by atoms with Crippen LogP contribution in [-0.4, -0.2) is 17.5 Å². The molecule has 1 rings (SSSR count). The highest BCUT2D eigenvalue weighted by Crippen LogP contribution is 2.17. The van der Waals surface area contributed by atoms with Gasteiger partial charge in [0.25, 0.3) is 5.91 Å². The Hall–Kier alpha value is -1.98. The summed E-state index contributed by atoms with van der Waals surface area (Å²) in [7, 11) is 0. The fraction of sp³-hybridized carbons (Fsp3) is 0.385. The minimum Gasteiger partial charge on any atom is -0.460 e. The summed E-state index contributed by atoms with van der Waals surface area (Å²) in [6.45, 7) is 5.05. The van der Waals surface area contributed by atoms with Gasteiger partial charge in [-0.3, -0.25) is 9.59 Å². The number of esters is 1. The Bertz CT molecular complexity index is 498. The number of rotatable bonds is 3. The molecule has 19 heavy (non-hydrogen) atoms. The van der Waals surface area contributed by atoms with Crippen LogP contribution in [0.3, 0.4) is 0 Å². The van der Waals surface area contributed by atoms with Gasteiger partial charge in [0.1, 0.15) is 22.8 Å². The van der Waals surface area contributed by atoms with Gasteiger partial charge in [-0.25, -0.2) is 8.78 Å². The molecule has 104 valence electrons. The third-order valence-electron chi connectivity index (χ3n) is 2.12. The van der Waals surface area contributed by atoms with Crippen molar-refractivity contribution in [3.05, 3.63) is 34.9 Å². The maximum atomic E-state index is 13.5. The van der Waals surface area contributed by atoms with Crippen LogP contribution in [0.1, 0.15) is 36.7 Å². The van der Waals surface area contributed by atoms with E-state index in [1.54, 1.807) is 20.8 Å². The predicted octanol–water partition coefficient (Wildman–Crippen LogP) is 1.95. The Morgan fingerprint density at radius 3 is 2.05 bits per heavy atom. The number of primary amides is 1. The number of nitrogens with two attached hydrogens (primary N) is 1. The van der Waals surface area contributed by atoms with Crippen LogP contribution in [0.5, 0.6) is 0 Å². The van der Waals surface area contributed by atoms with Crippen molar-refractivity contribution in [2.45, 2.75) is 32.8 Å². The van der Waals surface area contributed by atoms with Gasteiger partial charge in [0.15, 0.2) is 0 Å². The van der Waals surface area contributed by atoms with E-state index in [1.165, 1.54) is 0 Å². The number of hydrogen-bond donors (Lipinski definition) is 1. The summed E-state index contributed by atoms with van der Waals surface area (Å²) in [4.78, 5) is 22.3. The van der Waals surface area contributed by atoms with E-state index in [9.17, 15) is 18.4 Å². The molecule has 2 N–H and O–H groups in total. The van der Waals surface area contributed by atoms with Gasteiger partial charge < -0.3 is 10.5 Å². The van der Waals surface area contributed by atoms with Crippen LogP contribution in [0.4, 0.5) is 8.78 Å². The van der Waals surface area contributed by atoms with E-state index in [2.05, 4.69) is 0 Å². The average molecular weight is 271 g/mol. The van der Waals surface area contributed by atoms with Gasteiger partial charge in [-0.05, 0) is 38.5 Å². The number of amides is 1. The van der Waals surface area contributed by atoms with Crippen molar-refractivity contribution in [1.29, 1.82) is 0 Å². The molecule has 0 heterocycles. The van der Waals surface area contributed by atoms with E-state index in [-0.39, 0.29) is 12.0 Å². The molecule has 0 saturated carbocycles. The van der Waals surface area contributed by atoms with Crippen molar-refractivity contribution in [3.63, 3.8) is 0 Å². The molecular weight excluding hydrogens is 256 g/mol. The zero-order valence-electron chi connectivity index (χ0n) is 10.9. The molecule has 0 aliphatic rings. The summed E-state index contributed by atoms with van der Waals surface area (Å²) >= 11 is 0. The third kappa shape index (κ3) is 4.31. The maximum absolute atomic E-state index is 13.5. The first-order valence-electron chi connectivity index (χ1n) is 5.59. The number of carbonyl (C=O) groups is 2. The molecule has 1 aromatic rings. The number of benzene rings is 1. The lowest BCUT2D eigenvalue weighted by Crippen LogP contribution is -2.25. The van der Waals surface area contributed by atoms with Crippen LogP contribution in [0.2, 0.25) is 0 Å². The summed E-state index contributed by atoms with van der Waals surface area (Å²) < 4.78 is 31.9. The molecule has 0 aromatic heterocycles. The second-order valence-electron chi connectivity index (χ2n) is 5.06. The molecule has 1 aromatic carbocycles. The lowest BCUT2D eigenvalue weighted by Gasteiger charge is -2.19. The van der Waals surface area contributed by atoms with Crippen molar-refractivity contribution >= 4 is 11.9 Å². The Morgan fingerprint density at radius 2 is 1.68 bits per heavy atom. The monoisotopic (exact) mass is 271 g/mol. The molecule has 1 amide bonds. The number of halogens is 2. The lowest BCUT2D eigenvalue weighted by molar-refractivity contribution is -0.153. The van der Waals surface area contributed by atoms with Crippen LogP contribution < -0.4 is 5.73 Å². The van der Waals surface area contributed by atoms with E-state index in [0.717, 1.165) is 12.1 Å². The van der Waals surface area contributed by atoms with Gasteiger partial charge >= 0.3 is 5.97 Å². The van der Waals surface area contributed by atoms with Crippen LogP contribution in [0.15, 0.2) is 12.1 Å². The Morgan fingerprint density at radius 1 is 1.21 bits per heavy atom. The van der Waals surface area contributed by atoms with Gasteiger partial charge in [-0.2, -0.15) is 0 Å². The fourth-order valence-electron chi connectivity index (χ4n) is 1.51. The molecule has 0 saturated heterocycles. The molecule has 0 aliphatic heterocycles. The third-order valence-corrected chi connectivity index (χ3v) is 2.12. The summed E-state index contributed by atoms with van der Waals surface area (Å²) in [6, 6.07) is 1.79. The van der Waals surface area contributed by atoms with Gasteiger partial charge in [0, 0.05) is 0 Å². The predicted molar refractivity (Wildman–Crippen MR) is 64.4 cm³/mol. The normalized spacial score (nSPS) is 11.2. The molecule has 6 heteroatoms. The molecule has 4 nitrogen and oxygen atoms in total. The minimum atomic E-state index is -1.20. The maximum Gasteiger partial charge on any atom is 0.310 e. The van der Waals surface area contributed by atoms with E-state index in [4.69, 9.17) is 10.5 Å². The second-order valence-corrected chi connectivity index (χ2v) is 5.06. The first-order valence-corrected chi connectivity index (χ1v) is 5.59. The Kier molecular flexibility index (Phi) is 4.24. The smallest absolute Gasteiger partial charge is 0.310 e. The fourth-order valence-corrected chi connectivity index (χ4v) is 1.51. The molecule has 0 atom stereocenters. The van der Waals surface area contributed by atoms with E-state index >= 15 is 0 Å². The first kappa shape index (κ1) is 15.1. The highest BCUT2D eigenvalue weighted by atomic mass is 19.1. The number of carbonyl (C=O) groups excluding carboxylic acids is 2. The molecule has 0 fully saturated rings. The molecule has 0 spiro atoms. The SMILES string of the molecule is CC(C)(C)OC(=O)Cc1cc(F)c(C(N)=O)c(F)c1. The van der Waals surface area contributed by atoms with Crippen molar-refractivity contribution in [2.75, 3.05) is 0 Å². The molecular formula is C13H15F2NO3. The molecule has 0 aliphatic carbocycles. The van der Waals surface area contributed by atoms with E-state index in [0.29, 0.717) is 0 Å². The van der Waals surface area contributed by atoms with Gasteiger partial charge in [0.2, 0.25) is 0 Å². The lowest BCUT2D eigenvalue weighted by atomic mass is 10.1. The quantitative estimate of drug-likeness (QED) is 0.854. The second kappa shape index (κ2) is 5.34. The van der Waals surface area contributed by atoms with Crippen LogP contribution >= 0.6 is 0 Å².